The van der Waals surface area contributed by atoms with E-state index >= 15 is 0 Å². The lowest BCUT2D eigenvalue weighted by Crippen LogP contribution is -2.33. The van der Waals surface area contributed by atoms with Gasteiger partial charge in [0.05, 0.1) is 10.6 Å². The average molecular weight is 485 g/mol. The maximum Gasteiger partial charge on any atom is 0.331 e. The van der Waals surface area contributed by atoms with E-state index in [9.17, 15) is 18.0 Å². The standard InChI is InChI=1S/C22H20N4O5S2/c1-13(23-19-16-10-6-7-11-18(16)33(29,30)26-19)21(28)31-14(2)20(27)25-22-24-17(12-32-22)15-8-4-3-5-9-15/h3-14H,1-2H3,(H,23,26)(H,24,25,27)/t13-,14?/m0/s1. The van der Waals surface area contributed by atoms with Crippen molar-refractivity contribution in [3.05, 3.63) is 65.5 Å². The molecule has 2 N–H and O–H groups in total. The van der Waals surface area contributed by atoms with Gasteiger partial charge in [0.1, 0.15) is 11.9 Å². The lowest BCUT2D eigenvalue weighted by Gasteiger charge is -2.14. The number of aliphatic imine (C=N–C) groups is 1. The minimum atomic E-state index is -3.72. The summed E-state index contributed by atoms with van der Waals surface area (Å²) in [7, 11) is -3.72. The third-order valence-electron chi connectivity index (χ3n) is 4.79. The number of hydrogen-bond donors (Lipinski definition) is 2. The van der Waals surface area contributed by atoms with Crippen LogP contribution in [0, 0.1) is 0 Å². The molecule has 1 aliphatic rings. The number of ether oxygens (including phenoxy) is 1. The zero-order valence-corrected chi connectivity index (χ0v) is 19.3. The molecule has 2 atom stereocenters. The number of rotatable bonds is 6. The highest BCUT2D eigenvalue weighted by Crippen LogP contribution is 2.25. The Bertz CT molecular complexity index is 1340. The van der Waals surface area contributed by atoms with Gasteiger partial charge < -0.3 is 4.74 Å². The molecule has 1 aromatic heterocycles. The number of benzene rings is 2. The van der Waals surface area contributed by atoms with Gasteiger partial charge in [-0.25, -0.2) is 18.2 Å². The normalized spacial score (nSPS) is 17.0. The fourth-order valence-electron chi connectivity index (χ4n) is 3.08. The molecular formula is C22H20N4O5S2. The molecule has 9 nitrogen and oxygen atoms in total. The van der Waals surface area contributed by atoms with E-state index < -0.39 is 34.0 Å². The Labute approximate surface area is 194 Å². The summed E-state index contributed by atoms with van der Waals surface area (Å²) in [5.41, 5.74) is 2.02. The zero-order valence-electron chi connectivity index (χ0n) is 17.7. The predicted molar refractivity (Wildman–Crippen MR) is 124 cm³/mol. The first kappa shape index (κ1) is 22.6. The second-order valence-electron chi connectivity index (χ2n) is 7.23. The van der Waals surface area contributed by atoms with Crippen LogP contribution in [-0.2, 0) is 24.3 Å². The van der Waals surface area contributed by atoms with E-state index in [1.807, 2.05) is 35.7 Å². The van der Waals surface area contributed by atoms with Crippen molar-refractivity contribution in [3.8, 4) is 11.3 Å². The van der Waals surface area contributed by atoms with Crippen molar-refractivity contribution in [2.24, 2.45) is 4.99 Å². The largest absolute Gasteiger partial charge is 0.451 e. The highest BCUT2D eigenvalue weighted by Gasteiger charge is 2.31. The van der Waals surface area contributed by atoms with Gasteiger partial charge in [0, 0.05) is 16.5 Å². The van der Waals surface area contributed by atoms with Crippen LogP contribution in [0.5, 0.6) is 0 Å². The summed E-state index contributed by atoms with van der Waals surface area (Å²) in [6.45, 7) is 2.90. The number of nitrogens with zero attached hydrogens (tertiary/aromatic N) is 2. The molecule has 3 aromatic rings. The SMILES string of the molecule is CC(OC(=O)[C@H](C)N=C1NS(=O)(=O)c2ccccc21)C(=O)Nc1nc(-c2ccccc2)cs1. The number of fused-ring (bicyclic) bond motifs is 1. The fourth-order valence-corrected chi connectivity index (χ4v) is 5.04. The van der Waals surface area contributed by atoms with Crippen molar-refractivity contribution < 1.29 is 22.7 Å². The van der Waals surface area contributed by atoms with Crippen LogP contribution in [0.3, 0.4) is 0 Å². The minimum Gasteiger partial charge on any atom is -0.451 e. The summed E-state index contributed by atoms with van der Waals surface area (Å²) in [5, 5.41) is 4.84. The molecule has 2 aromatic carbocycles. The van der Waals surface area contributed by atoms with Gasteiger partial charge in [-0.05, 0) is 26.0 Å². The molecule has 11 heteroatoms. The van der Waals surface area contributed by atoms with Gasteiger partial charge in [-0.3, -0.25) is 19.8 Å². The quantitative estimate of drug-likeness (QED) is 0.518. The van der Waals surface area contributed by atoms with E-state index in [0.29, 0.717) is 10.7 Å². The molecule has 0 fully saturated rings. The van der Waals surface area contributed by atoms with Crippen molar-refractivity contribution in [1.29, 1.82) is 0 Å². The number of esters is 1. The smallest absolute Gasteiger partial charge is 0.331 e. The van der Waals surface area contributed by atoms with Crippen LogP contribution in [0.15, 0.2) is 69.9 Å². The van der Waals surface area contributed by atoms with E-state index in [1.54, 1.807) is 18.2 Å². The first-order valence-corrected chi connectivity index (χ1v) is 12.3. The lowest BCUT2D eigenvalue weighted by atomic mass is 10.2. The molecule has 1 amide bonds. The topological polar surface area (TPSA) is 127 Å². The molecule has 2 heterocycles. The van der Waals surface area contributed by atoms with Crippen LogP contribution in [0.25, 0.3) is 11.3 Å². The Morgan fingerprint density at radius 3 is 2.55 bits per heavy atom. The fraction of sp³-hybridized carbons (Fsp3) is 0.182. The molecule has 4 rings (SSSR count). The van der Waals surface area contributed by atoms with Crippen LogP contribution < -0.4 is 10.0 Å². The highest BCUT2D eigenvalue weighted by atomic mass is 32.2. The minimum absolute atomic E-state index is 0.0587. The number of thiazole rings is 1. The van der Waals surface area contributed by atoms with Crippen LogP contribution >= 0.6 is 11.3 Å². The number of amides is 1. The van der Waals surface area contributed by atoms with Crippen molar-refractivity contribution in [2.45, 2.75) is 30.9 Å². The molecule has 1 aliphatic heterocycles. The molecule has 33 heavy (non-hydrogen) atoms. The molecule has 0 aliphatic carbocycles. The summed E-state index contributed by atoms with van der Waals surface area (Å²) in [4.78, 5) is 33.6. The van der Waals surface area contributed by atoms with Crippen LogP contribution in [0.4, 0.5) is 5.13 Å². The van der Waals surface area contributed by atoms with E-state index in [1.165, 1.54) is 31.3 Å². The second-order valence-corrected chi connectivity index (χ2v) is 9.74. The number of carbonyl (C=O) groups excluding carboxylic acids is 2. The predicted octanol–water partition coefficient (Wildman–Crippen LogP) is 2.81. The highest BCUT2D eigenvalue weighted by molar-refractivity contribution is 7.90. The van der Waals surface area contributed by atoms with Gasteiger partial charge in [-0.1, -0.05) is 42.5 Å². The van der Waals surface area contributed by atoms with E-state index in [2.05, 4.69) is 20.0 Å². The maximum atomic E-state index is 12.5. The Hall–Kier alpha value is -3.57. The summed E-state index contributed by atoms with van der Waals surface area (Å²) >= 11 is 1.26. The molecule has 170 valence electrons. The molecule has 0 bridgehead atoms. The average Bonchev–Trinajstić information content (AvgIpc) is 3.36. The second kappa shape index (κ2) is 9.12. The van der Waals surface area contributed by atoms with Crippen molar-refractivity contribution in [1.82, 2.24) is 9.71 Å². The van der Waals surface area contributed by atoms with E-state index in [0.717, 1.165) is 11.3 Å². The van der Waals surface area contributed by atoms with Gasteiger partial charge in [0.25, 0.3) is 15.9 Å². The number of anilines is 1. The van der Waals surface area contributed by atoms with Crippen LogP contribution in [0.1, 0.15) is 19.4 Å². The lowest BCUT2D eigenvalue weighted by molar-refractivity contribution is -0.153. The number of amidine groups is 1. The van der Waals surface area contributed by atoms with Crippen molar-refractivity contribution in [2.75, 3.05) is 5.32 Å². The summed E-state index contributed by atoms with van der Waals surface area (Å²) in [5.74, 6) is -1.25. The Balaban J connectivity index is 1.38. The molecule has 0 saturated carbocycles. The Kier molecular flexibility index (Phi) is 6.25. The number of hydrogen-bond acceptors (Lipinski definition) is 8. The first-order chi connectivity index (χ1) is 15.7. The number of aromatic nitrogens is 1. The van der Waals surface area contributed by atoms with Gasteiger partial charge in [-0.15, -0.1) is 11.3 Å². The molecule has 1 unspecified atom stereocenters. The number of sulfonamides is 1. The van der Waals surface area contributed by atoms with E-state index in [4.69, 9.17) is 4.74 Å². The van der Waals surface area contributed by atoms with Gasteiger partial charge in [0.15, 0.2) is 11.2 Å². The summed E-state index contributed by atoms with van der Waals surface area (Å²) in [6.07, 6.45) is -1.10. The monoisotopic (exact) mass is 484 g/mol. The summed E-state index contributed by atoms with van der Waals surface area (Å²) in [6, 6.07) is 14.8. The third kappa shape index (κ3) is 4.94. The Morgan fingerprint density at radius 2 is 1.79 bits per heavy atom. The summed E-state index contributed by atoms with van der Waals surface area (Å²) < 4.78 is 31.9. The van der Waals surface area contributed by atoms with E-state index in [-0.39, 0.29) is 10.7 Å². The zero-order chi connectivity index (χ0) is 23.6. The van der Waals surface area contributed by atoms with Gasteiger partial charge in [0.2, 0.25) is 0 Å². The third-order valence-corrected chi connectivity index (χ3v) is 6.95. The van der Waals surface area contributed by atoms with Crippen LogP contribution in [-0.4, -0.2) is 43.3 Å². The van der Waals surface area contributed by atoms with Crippen LogP contribution in [0.2, 0.25) is 0 Å². The van der Waals surface area contributed by atoms with Gasteiger partial charge >= 0.3 is 5.97 Å². The number of nitrogens with one attached hydrogen (secondary N) is 2. The first-order valence-electron chi connectivity index (χ1n) is 9.97. The molecule has 0 spiro atoms. The van der Waals surface area contributed by atoms with Crippen molar-refractivity contribution in [3.63, 3.8) is 0 Å². The Morgan fingerprint density at radius 1 is 1.09 bits per heavy atom. The molecule has 0 saturated heterocycles. The molecule has 0 radical (unpaired) electrons. The maximum absolute atomic E-state index is 12.5. The van der Waals surface area contributed by atoms with Gasteiger partial charge in [-0.2, -0.15) is 0 Å². The number of carbonyl (C=O) groups is 2. The molecular weight excluding hydrogens is 464 g/mol. The van der Waals surface area contributed by atoms with Crippen molar-refractivity contribution >= 4 is 44.2 Å².